The molecule has 5 nitrogen and oxygen atoms in total. The van der Waals surface area contributed by atoms with E-state index in [-0.39, 0.29) is 12.2 Å². The largest absolute Gasteiger partial charge is 0.387 e. The summed E-state index contributed by atoms with van der Waals surface area (Å²) in [6, 6.07) is 0. The lowest BCUT2D eigenvalue weighted by molar-refractivity contribution is -0.245. The Balaban J connectivity index is 1.47. The zero-order valence-electron chi connectivity index (χ0n) is 13.2. The molecule has 1 aliphatic carbocycles. The van der Waals surface area contributed by atoms with Crippen molar-refractivity contribution in [2.75, 3.05) is 13.1 Å². The molecule has 3 rings (SSSR count). The van der Waals surface area contributed by atoms with Crippen LogP contribution in [0.25, 0.3) is 0 Å². The molecule has 0 aromatic carbocycles. The first-order chi connectivity index (χ1) is 10.1. The van der Waals surface area contributed by atoms with Crippen molar-refractivity contribution in [2.24, 2.45) is 5.92 Å². The smallest absolute Gasteiger partial charge is 0.190 e. The quantitative estimate of drug-likeness (QED) is 0.758. The Kier molecular flexibility index (Phi) is 4.86. The van der Waals surface area contributed by atoms with Gasteiger partial charge in [-0.1, -0.05) is 20.3 Å². The van der Waals surface area contributed by atoms with Gasteiger partial charge in [-0.2, -0.15) is 0 Å². The number of fused-ring (bicyclic) bond motifs is 1. The summed E-state index contributed by atoms with van der Waals surface area (Å²) < 4.78 is 18.0. The topological polar surface area (TPSA) is 60.0 Å². The molecular formula is C16H29NO4. The molecule has 0 bridgehead atoms. The Bertz CT molecular complexity index is 343. The molecule has 2 aliphatic heterocycles. The summed E-state index contributed by atoms with van der Waals surface area (Å²) in [6.45, 7) is 6.02. The van der Waals surface area contributed by atoms with Gasteiger partial charge in [-0.05, 0) is 31.7 Å². The van der Waals surface area contributed by atoms with Crippen LogP contribution in [0.2, 0.25) is 0 Å². The number of aliphatic hydroxyl groups excluding tert-OH is 1. The molecule has 0 aromatic heterocycles. The van der Waals surface area contributed by atoms with E-state index in [9.17, 15) is 5.11 Å². The van der Waals surface area contributed by atoms with Gasteiger partial charge in [0.1, 0.15) is 18.3 Å². The predicted molar refractivity (Wildman–Crippen MR) is 78.8 cm³/mol. The molecule has 0 aromatic rings. The Labute approximate surface area is 127 Å². The number of nitrogens with one attached hydrogen (secondary N) is 1. The van der Waals surface area contributed by atoms with E-state index in [0.29, 0.717) is 12.5 Å². The van der Waals surface area contributed by atoms with E-state index in [1.807, 2.05) is 0 Å². The molecule has 2 saturated heterocycles. The van der Waals surface area contributed by atoms with Crippen LogP contribution in [0.15, 0.2) is 0 Å². The molecule has 1 spiro atoms. The SMILES string of the molecule is CC(C)CCNC[C@H]1O[C@@H]2OC3(CCCCC3)O[C@@H]2[C@H]1O. The van der Waals surface area contributed by atoms with Crippen LogP contribution in [0.3, 0.4) is 0 Å². The molecule has 0 radical (unpaired) electrons. The number of hydrogen-bond acceptors (Lipinski definition) is 5. The maximum Gasteiger partial charge on any atom is 0.190 e. The minimum absolute atomic E-state index is 0.229. The van der Waals surface area contributed by atoms with Crippen molar-refractivity contribution in [2.45, 2.75) is 82.8 Å². The number of rotatable bonds is 5. The number of hydrogen-bond donors (Lipinski definition) is 2. The standard InChI is InChI=1S/C16H29NO4/c1-11(2)6-9-17-10-12-13(18)14-15(19-12)21-16(20-14)7-4-3-5-8-16/h11-15,17-18H,3-10H2,1-2H3/t12-,13+,14-,15-/m1/s1. The highest BCUT2D eigenvalue weighted by atomic mass is 16.8. The molecule has 4 atom stereocenters. The summed E-state index contributed by atoms with van der Waals surface area (Å²) in [5, 5.41) is 13.8. The van der Waals surface area contributed by atoms with Crippen LogP contribution in [0.5, 0.6) is 0 Å². The van der Waals surface area contributed by atoms with Crippen LogP contribution in [-0.4, -0.2) is 48.6 Å². The van der Waals surface area contributed by atoms with E-state index in [4.69, 9.17) is 14.2 Å². The molecule has 21 heavy (non-hydrogen) atoms. The molecule has 2 heterocycles. The molecule has 2 N–H and O–H groups in total. The molecule has 3 fully saturated rings. The maximum atomic E-state index is 10.4. The zero-order chi connectivity index (χ0) is 14.9. The summed E-state index contributed by atoms with van der Waals surface area (Å²) in [7, 11) is 0. The van der Waals surface area contributed by atoms with Crippen LogP contribution in [0.1, 0.15) is 52.4 Å². The van der Waals surface area contributed by atoms with E-state index in [0.717, 1.165) is 38.6 Å². The second-order valence-electron chi connectivity index (χ2n) is 7.09. The van der Waals surface area contributed by atoms with Gasteiger partial charge in [-0.3, -0.25) is 0 Å². The van der Waals surface area contributed by atoms with E-state index >= 15 is 0 Å². The molecule has 122 valence electrons. The van der Waals surface area contributed by atoms with Gasteiger partial charge in [0.2, 0.25) is 0 Å². The first kappa shape index (κ1) is 15.7. The summed E-state index contributed by atoms with van der Waals surface area (Å²) in [4.78, 5) is 0. The van der Waals surface area contributed by atoms with Crippen molar-refractivity contribution in [1.29, 1.82) is 0 Å². The third kappa shape index (κ3) is 3.42. The van der Waals surface area contributed by atoms with Gasteiger partial charge in [0.15, 0.2) is 12.1 Å². The summed E-state index contributed by atoms with van der Waals surface area (Å²) in [5.41, 5.74) is 0. The fourth-order valence-corrected chi connectivity index (χ4v) is 3.54. The Hall–Kier alpha value is -0.200. The molecule has 5 heteroatoms. The highest BCUT2D eigenvalue weighted by Crippen LogP contribution is 2.44. The zero-order valence-corrected chi connectivity index (χ0v) is 13.2. The molecule has 0 amide bonds. The van der Waals surface area contributed by atoms with Gasteiger partial charge < -0.3 is 24.6 Å². The van der Waals surface area contributed by atoms with Crippen molar-refractivity contribution < 1.29 is 19.3 Å². The van der Waals surface area contributed by atoms with Gasteiger partial charge in [0, 0.05) is 19.4 Å². The summed E-state index contributed by atoms with van der Waals surface area (Å²) in [6.07, 6.45) is 4.96. The van der Waals surface area contributed by atoms with E-state index in [1.165, 1.54) is 6.42 Å². The first-order valence-corrected chi connectivity index (χ1v) is 8.49. The maximum absolute atomic E-state index is 10.4. The minimum atomic E-state index is -0.595. The lowest BCUT2D eigenvalue weighted by Gasteiger charge is -2.33. The highest BCUT2D eigenvalue weighted by molar-refractivity contribution is 4.96. The van der Waals surface area contributed by atoms with Gasteiger partial charge in [-0.15, -0.1) is 0 Å². The second-order valence-corrected chi connectivity index (χ2v) is 7.09. The lowest BCUT2D eigenvalue weighted by atomic mass is 9.94. The first-order valence-electron chi connectivity index (χ1n) is 8.49. The van der Waals surface area contributed by atoms with Crippen molar-refractivity contribution in [3.63, 3.8) is 0 Å². The normalized spacial score (nSPS) is 38.3. The van der Waals surface area contributed by atoms with Crippen LogP contribution < -0.4 is 5.32 Å². The van der Waals surface area contributed by atoms with Crippen molar-refractivity contribution in [1.82, 2.24) is 5.32 Å². The van der Waals surface area contributed by atoms with E-state index in [1.54, 1.807) is 0 Å². The fraction of sp³-hybridized carbons (Fsp3) is 1.00. The van der Waals surface area contributed by atoms with Gasteiger partial charge in [0.25, 0.3) is 0 Å². The average molecular weight is 299 g/mol. The third-order valence-electron chi connectivity index (χ3n) is 4.84. The highest BCUT2D eigenvalue weighted by Gasteiger charge is 2.57. The fourth-order valence-electron chi connectivity index (χ4n) is 3.54. The molecule has 0 unspecified atom stereocenters. The van der Waals surface area contributed by atoms with Gasteiger partial charge in [0.05, 0.1) is 0 Å². The van der Waals surface area contributed by atoms with Crippen molar-refractivity contribution >= 4 is 0 Å². The number of aliphatic hydroxyl groups is 1. The average Bonchev–Trinajstić information content (AvgIpc) is 2.92. The van der Waals surface area contributed by atoms with Crippen molar-refractivity contribution in [3.8, 4) is 0 Å². The Morgan fingerprint density at radius 3 is 2.62 bits per heavy atom. The lowest BCUT2D eigenvalue weighted by Crippen LogP contribution is -2.42. The predicted octanol–water partition coefficient (Wildman–Crippen LogP) is 1.78. The van der Waals surface area contributed by atoms with Crippen LogP contribution in [-0.2, 0) is 14.2 Å². The Morgan fingerprint density at radius 1 is 1.19 bits per heavy atom. The van der Waals surface area contributed by atoms with Crippen LogP contribution in [0.4, 0.5) is 0 Å². The molecular weight excluding hydrogens is 270 g/mol. The van der Waals surface area contributed by atoms with Crippen molar-refractivity contribution in [3.05, 3.63) is 0 Å². The minimum Gasteiger partial charge on any atom is -0.387 e. The summed E-state index contributed by atoms with van der Waals surface area (Å²) >= 11 is 0. The van der Waals surface area contributed by atoms with Crippen LogP contribution in [0, 0.1) is 5.92 Å². The molecule has 3 aliphatic rings. The summed E-state index contributed by atoms with van der Waals surface area (Å²) in [5.74, 6) is 0.203. The van der Waals surface area contributed by atoms with Crippen LogP contribution >= 0.6 is 0 Å². The van der Waals surface area contributed by atoms with E-state index in [2.05, 4.69) is 19.2 Å². The monoisotopic (exact) mass is 299 g/mol. The van der Waals surface area contributed by atoms with E-state index < -0.39 is 18.2 Å². The van der Waals surface area contributed by atoms with Gasteiger partial charge in [-0.25, -0.2) is 0 Å². The third-order valence-corrected chi connectivity index (χ3v) is 4.84. The second kappa shape index (κ2) is 6.50. The number of ether oxygens (including phenoxy) is 3. The Morgan fingerprint density at radius 2 is 1.95 bits per heavy atom. The van der Waals surface area contributed by atoms with Gasteiger partial charge >= 0.3 is 0 Å². The molecule has 1 saturated carbocycles.